The van der Waals surface area contributed by atoms with Crippen LogP contribution in [0.2, 0.25) is 0 Å². The molecule has 2 fully saturated rings. The van der Waals surface area contributed by atoms with Gasteiger partial charge in [0, 0.05) is 25.7 Å². The topological polar surface area (TPSA) is 15.3 Å². The molecule has 18 heavy (non-hydrogen) atoms. The molecule has 2 nitrogen and oxygen atoms in total. The third kappa shape index (κ3) is 5.27. The molecular formula is C16H32N2. The van der Waals surface area contributed by atoms with Gasteiger partial charge in [0.05, 0.1) is 0 Å². The van der Waals surface area contributed by atoms with E-state index < -0.39 is 0 Å². The van der Waals surface area contributed by atoms with Crippen LogP contribution in [0.3, 0.4) is 0 Å². The van der Waals surface area contributed by atoms with Crippen molar-refractivity contribution in [2.45, 2.75) is 64.8 Å². The average molecular weight is 252 g/mol. The largest absolute Gasteiger partial charge is 0.311 e. The third-order valence-corrected chi connectivity index (χ3v) is 4.49. The number of rotatable bonds is 8. The van der Waals surface area contributed by atoms with Crippen molar-refractivity contribution in [3.05, 3.63) is 0 Å². The SMILES string of the molecule is CC(C)CCCCCCN1CCNC(C2CC2)C1. The Bertz CT molecular complexity index is 223. The normalized spacial score (nSPS) is 25.8. The summed E-state index contributed by atoms with van der Waals surface area (Å²) in [4.78, 5) is 2.70. The van der Waals surface area contributed by atoms with Crippen molar-refractivity contribution in [2.24, 2.45) is 11.8 Å². The highest BCUT2D eigenvalue weighted by atomic mass is 15.2. The summed E-state index contributed by atoms with van der Waals surface area (Å²) >= 11 is 0. The van der Waals surface area contributed by atoms with E-state index in [1.165, 1.54) is 71.1 Å². The van der Waals surface area contributed by atoms with Crippen molar-refractivity contribution in [3.63, 3.8) is 0 Å². The Balaban J connectivity index is 1.48. The van der Waals surface area contributed by atoms with E-state index in [2.05, 4.69) is 24.1 Å². The molecule has 2 heteroatoms. The van der Waals surface area contributed by atoms with Crippen molar-refractivity contribution in [3.8, 4) is 0 Å². The molecule has 2 rings (SSSR count). The predicted molar refractivity (Wildman–Crippen MR) is 78.9 cm³/mol. The Hall–Kier alpha value is -0.0800. The number of piperazine rings is 1. The standard InChI is InChI=1S/C16H32N2/c1-14(2)7-5-3-4-6-11-18-12-10-17-16(13-18)15-8-9-15/h14-17H,3-13H2,1-2H3. The Morgan fingerprint density at radius 2 is 1.89 bits per heavy atom. The summed E-state index contributed by atoms with van der Waals surface area (Å²) in [5, 5.41) is 3.69. The van der Waals surface area contributed by atoms with Crippen LogP contribution in [0, 0.1) is 11.8 Å². The van der Waals surface area contributed by atoms with Crippen LogP contribution in [0.25, 0.3) is 0 Å². The van der Waals surface area contributed by atoms with E-state index >= 15 is 0 Å². The lowest BCUT2D eigenvalue weighted by atomic mass is 10.0. The quantitative estimate of drug-likeness (QED) is 0.667. The van der Waals surface area contributed by atoms with Gasteiger partial charge < -0.3 is 10.2 Å². The molecule has 0 aromatic carbocycles. The summed E-state index contributed by atoms with van der Waals surface area (Å²) in [6, 6.07) is 0.819. The van der Waals surface area contributed by atoms with Gasteiger partial charge in [0.25, 0.3) is 0 Å². The number of hydrogen-bond donors (Lipinski definition) is 1. The van der Waals surface area contributed by atoms with E-state index in [0.717, 1.165) is 17.9 Å². The maximum absolute atomic E-state index is 3.69. The fourth-order valence-corrected chi connectivity index (χ4v) is 3.10. The molecule has 1 saturated carbocycles. The van der Waals surface area contributed by atoms with Gasteiger partial charge in [-0.3, -0.25) is 0 Å². The number of nitrogens with one attached hydrogen (secondary N) is 1. The molecule has 0 radical (unpaired) electrons. The maximum Gasteiger partial charge on any atom is 0.0223 e. The second-order valence-electron chi connectivity index (χ2n) is 6.80. The van der Waals surface area contributed by atoms with Crippen molar-refractivity contribution in [1.29, 1.82) is 0 Å². The highest BCUT2D eigenvalue weighted by Gasteiger charge is 2.33. The Labute approximate surface area is 114 Å². The highest BCUT2D eigenvalue weighted by molar-refractivity contribution is 4.91. The first kappa shape index (κ1) is 14.3. The molecule has 1 heterocycles. The molecule has 1 aliphatic heterocycles. The molecule has 1 atom stereocenters. The van der Waals surface area contributed by atoms with Crippen LogP contribution in [0.15, 0.2) is 0 Å². The van der Waals surface area contributed by atoms with Crippen LogP contribution in [0.4, 0.5) is 0 Å². The molecule has 1 saturated heterocycles. The minimum Gasteiger partial charge on any atom is -0.311 e. The second-order valence-corrected chi connectivity index (χ2v) is 6.80. The lowest BCUT2D eigenvalue weighted by Crippen LogP contribution is -2.51. The van der Waals surface area contributed by atoms with Gasteiger partial charge in [-0.2, -0.15) is 0 Å². The predicted octanol–water partition coefficient (Wildman–Crippen LogP) is 3.28. The van der Waals surface area contributed by atoms with Crippen molar-refractivity contribution >= 4 is 0 Å². The zero-order chi connectivity index (χ0) is 12.8. The third-order valence-electron chi connectivity index (χ3n) is 4.49. The number of hydrogen-bond acceptors (Lipinski definition) is 2. The second kappa shape index (κ2) is 7.49. The van der Waals surface area contributed by atoms with Gasteiger partial charge in [-0.05, 0) is 37.6 Å². The summed E-state index contributed by atoms with van der Waals surface area (Å²) in [6.07, 6.45) is 10.1. The molecular weight excluding hydrogens is 220 g/mol. The van der Waals surface area contributed by atoms with E-state index in [0.29, 0.717) is 0 Å². The van der Waals surface area contributed by atoms with Crippen LogP contribution in [0.5, 0.6) is 0 Å². The van der Waals surface area contributed by atoms with Crippen LogP contribution in [-0.2, 0) is 0 Å². The monoisotopic (exact) mass is 252 g/mol. The molecule has 1 unspecified atom stereocenters. The zero-order valence-corrected chi connectivity index (χ0v) is 12.5. The summed E-state index contributed by atoms with van der Waals surface area (Å²) in [7, 11) is 0. The molecule has 106 valence electrons. The van der Waals surface area contributed by atoms with Gasteiger partial charge in [0.1, 0.15) is 0 Å². The Morgan fingerprint density at radius 1 is 1.11 bits per heavy atom. The van der Waals surface area contributed by atoms with Gasteiger partial charge >= 0.3 is 0 Å². The van der Waals surface area contributed by atoms with Crippen molar-refractivity contribution in [2.75, 3.05) is 26.2 Å². The summed E-state index contributed by atoms with van der Waals surface area (Å²) in [6.45, 7) is 9.81. The van der Waals surface area contributed by atoms with E-state index in [1.54, 1.807) is 0 Å². The molecule has 0 bridgehead atoms. The van der Waals surface area contributed by atoms with Gasteiger partial charge in [0.2, 0.25) is 0 Å². The highest BCUT2D eigenvalue weighted by Crippen LogP contribution is 2.33. The van der Waals surface area contributed by atoms with Crippen LogP contribution in [0.1, 0.15) is 58.8 Å². The molecule has 0 spiro atoms. The first-order valence-corrected chi connectivity index (χ1v) is 8.21. The summed E-state index contributed by atoms with van der Waals surface area (Å²) in [5.74, 6) is 1.90. The summed E-state index contributed by atoms with van der Waals surface area (Å²) in [5.41, 5.74) is 0. The number of nitrogens with zero attached hydrogens (tertiary/aromatic N) is 1. The number of unbranched alkanes of at least 4 members (excludes halogenated alkanes) is 3. The molecule has 1 aliphatic carbocycles. The fourth-order valence-electron chi connectivity index (χ4n) is 3.10. The maximum atomic E-state index is 3.69. The van der Waals surface area contributed by atoms with E-state index in [4.69, 9.17) is 0 Å². The summed E-state index contributed by atoms with van der Waals surface area (Å²) < 4.78 is 0. The Morgan fingerprint density at radius 3 is 2.61 bits per heavy atom. The molecule has 0 amide bonds. The van der Waals surface area contributed by atoms with Crippen molar-refractivity contribution in [1.82, 2.24) is 10.2 Å². The lowest BCUT2D eigenvalue weighted by Gasteiger charge is -2.33. The smallest absolute Gasteiger partial charge is 0.0223 e. The Kier molecular flexibility index (Phi) is 5.97. The minimum absolute atomic E-state index is 0.819. The molecule has 1 N–H and O–H groups in total. The minimum atomic E-state index is 0.819. The molecule has 0 aromatic rings. The van der Waals surface area contributed by atoms with Crippen LogP contribution < -0.4 is 5.32 Å². The van der Waals surface area contributed by atoms with E-state index in [-0.39, 0.29) is 0 Å². The lowest BCUT2D eigenvalue weighted by molar-refractivity contribution is 0.185. The van der Waals surface area contributed by atoms with Gasteiger partial charge in [-0.15, -0.1) is 0 Å². The average Bonchev–Trinajstić information content (AvgIpc) is 3.18. The van der Waals surface area contributed by atoms with Crippen molar-refractivity contribution < 1.29 is 0 Å². The van der Waals surface area contributed by atoms with E-state index in [9.17, 15) is 0 Å². The van der Waals surface area contributed by atoms with Crippen LogP contribution >= 0.6 is 0 Å². The van der Waals surface area contributed by atoms with Gasteiger partial charge in [0.15, 0.2) is 0 Å². The van der Waals surface area contributed by atoms with Gasteiger partial charge in [-0.25, -0.2) is 0 Å². The fraction of sp³-hybridized carbons (Fsp3) is 1.00. The van der Waals surface area contributed by atoms with Crippen LogP contribution in [-0.4, -0.2) is 37.1 Å². The molecule has 2 aliphatic rings. The first-order chi connectivity index (χ1) is 8.75. The first-order valence-electron chi connectivity index (χ1n) is 8.21. The zero-order valence-electron chi connectivity index (χ0n) is 12.5. The van der Waals surface area contributed by atoms with Gasteiger partial charge in [-0.1, -0.05) is 39.5 Å². The van der Waals surface area contributed by atoms with E-state index in [1.807, 2.05) is 0 Å². The molecule has 0 aromatic heterocycles.